The quantitative estimate of drug-likeness (QED) is 0.622. The molecule has 21 heavy (non-hydrogen) atoms. The van der Waals surface area contributed by atoms with Gasteiger partial charge in [0.25, 0.3) is 0 Å². The minimum Gasteiger partial charge on any atom is -0.299 e. The molecular weight excluding hydrogens is 256 g/mol. The molecule has 6 saturated carbocycles. The number of carbonyl (C=O) groups excluding carboxylic acids is 1. The first kappa shape index (κ1) is 13.1. The van der Waals surface area contributed by atoms with Crippen LogP contribution in [-0.4, -0.2) is 5.78 Å². The van der Waals surface area contributed by atoms with Gasteiger partial charge < -0.3 is 0 Å². The van der Waals surface area contributed by atoms with Crippen molar-refractivity contribution in [1.82, 2.24) is 0 Å². The normalized spacial score (nSPS) is 63.0. The number of ketones is 1. The number of hydrogen-bond acceptors (Lipinski definition) is 1. The van der Waals surface area contributed by atoms with E-state index in [2.05, 4.69) is 27.7 Å². The second-order valence-electron chi connectivity index (χ2n) is 10.5. The summed E-state index contributed by atoms with van der Waals surface area (Å²) in [6, 6.07) is 0. The molecule has 3 unspecified atom stereocenters. The van der Waals surface area contributed by atoms with Gasteiger partial charge in [-0.3, -0.25) is 4.79 Å². The van der Waals surface area contributed by atoms with Gasteiger partial charge in [0, 0.05) is 11.8 Å². The molecule has 6 rings (SSSR count). The third kappa shape index (κ3) is 1.23. The Kier molecular flexibility index (Phi) is 2.06. The maximum absolute atomic E-state index is 12.5. The molecule has 0 heterocycles. The van der Waals surface area contributed by atoms with Crippen LogP contribution in [0.3, 0.4) is 0 Å². The molecule has 0 aromatic rings. The van der Waals surface area contributed by atoms with Crippen LogP contribution in [0.5, 0.6) is 0 Å². The molecular formula is C20H30O. The first-order valence-electron chi connectivity index (χ1n) is 9.27. The molecule has 0 saturated heterocycles. The largest absolute Gasteiger partial charge is 0.299 e. The summed E-state index contributed by atoms with van der Waals surface area (Å²) < 4.78 is 0. The Morgan fingerprint density at radius 3 is 2.38 bits per heavy atom. The Hall–Kier alpha value is -0.330. The fourth-order valence-corrected chi connectivity index (χ4v) is 8.64. The summed E-state index contributed by atoms with van der Waals surface area (Å²) in [7, 11) is 0. The fraction of sp³-hybridized carbons (Fsp3) is 0.950. The van der Waals surface area contributed by atoms with Gasteiger partial charge in [0.15, 0.2) is 0 Å². The van der Waals surface area contributed by atoms with Crippen LogP contribution in [0.2, 0.25) is 0 Å². The lowest BCUT2D eigenvalue weighted by molar-refractivity contribution is -0.172. The molecule has 0 amide bonds. The van der Waals surface area contributed by atoms with Crippen molar-refractivity contribution in [3.05, 3.63) is 0 Å². The first-order valence-corrected chi connectivity index (χ1v) is 9.27. The van der Waals surface area contributed by atoms with Gasteiger partial charge in [-0.2, -0.15) is 0 Å². The van der Waals surface area contributed by atoms with E-state index >= 15 is 0 Å². The molecule has 4 bridgehead atoms. The van der Waals surface area contributed by atoms with Crippen LogP contribution in [0.1, 0.15) is 72.6 Å². The van der Waals surface area contributed by atoms with Gasteiger partial charge in [-0.05, 0) is 78.4 Å². The predicted octanol–water partition coefficient (Wildman–Crippen LogP) is 4.84. The van der Waals surface area contributed by atoms with Crippen molar-refractivity contribution >= 4 is 5.78 Å². The SMILES string of the molecule is CC1(C)C(=O)CC[C@]2(C)C1CC[C@@]13CC4[C@H](CC12)[C@@]4(C)C3. The summed E-state index contributed by atoms with van der Waals surface area (Å²) >= 11 is 0. The van der Waals surface area contributed by atoms with Crippen molar-refractivity contribution in [2.45, 2.75) is 72.6 Å². The van der Waals surface area contributed by atoms with E-state index in [-0.39, 0.29) is 5.41 Å². The first-order chi connectivity index (χ1) is 9.74. The molecule has 0 aromatic carbocycles. The van der Waals surface area contributed by atoms with Crippen molar-refractivity contribution in [2.24, 2.45) is 45.3 Å². The summed E-state index contributed by atoms with van der Waals surface area (Å²) in [4.78, 5) is 12.5. The Labute approximate surface area is 129 Å². The lowest BCUT2D eigenvalue weighted by Gasteiger charge is -2.64. The van der Waals surface area contributed by atoms with Gasteiger partial charge in [0.2, 0.25) is 0 Å². The predicted molar refractivity (Wildman–Crippen MR) is 83.7 cm³/mol. The maximum atomic E-state index is 12.5. The third-order valence-electron chi connectivity index (χ3n) is 9.66. The van der Waals surface area contributed by atoms with E-state index in [9.17, 15) is 4.79 Å². The topological polar surface area (TPSA) is 17.1 Å². The Morgan fingerprint density at radius 2 is 1.71 bits per heavy atom. The van der Waals surface area contributed by atoms with Gasteiger partial charge in [-0.25, -0.2) is 0 Å². The number of hydrogen-bond donors (Lipinski definition) is 0. The highest BCUT2D eigenvalue weighted by Crippen LogP contribution is 2.85. The molecule has 6 aliphatic rings. The van der Waals surface area contributed by atoms with E-state index < -0.39 is 0 Å². The molecule has 1 spiro atoms. The van der Waals surface area contributed by atoms with E-state index in [1.54, 1.807) is 0 Å². The Bertz CT molecular complexity index is 548. The molecule has 0 N–H and O–H groups in total. The van der Waals surface area contributed by atoms with Gasteiger partial charge in [-0.1, -0.05) is 27.7 Å². The van der Waals surface area contributed by atoms with Crippen LogP contribution >= 0.6 is 0 Å². The standard InChI is InChI=1S/C20H30O/c1-17(2)14-5-8-20-10-13-12(19(13,4)11-20)9-15(20)18(14,3)7-6-16(17)21/h12-15H,5-11H2,1-4H3/t12-,13?,14?,15?,18+,19+,20-/m0/s1. The van der Waals surface area contributed by atoms with E-state index in [4.69, 9.17) is 0 Å². The van der Waals surface area contributed by atoms with Crippen LogP contribution in [-0.2, 0) is 4.79 Å². The summed E-state index contributed by atoms with van der Waals surface area (Å²) in [5, 5.41) is 0. The molecule has 6 fully saturated rings. The zero-order valence-corrected chi connectivity index (χ0v) is 14.2. The average Bonchev–Trinajstić information content (AvgIpc) is 2.86. The highest BCUT2D eigenvalue weighted by molar-refractivity contribution is 5.85. The third-order valence-corrected chi connectivity index (χ3v) is 9.66. The van der Waals surface area contributed by atoms with Crippen LogP contribution in [0.15, 0.2) is 0 Å². The van der Waals surface area contributed by atoms with Gasteiger partial charge in [0.1, 0.15) is 5.78 Å². The molecule has 0 aromatic heterocycles. The van der Waals surface area contributed by atoms with Crippen molar-refractivity contribution in [2.75, 3.05) is 0 Å². The van der Waals surface area contributed by atoms with Crippen LogP contribution < -0.4 is 0 Å². The Morgan fingerprint density at radius 1 is 0.952 bits per heavy atom. The maximum Gasteiger partial charge on any atom is 0.138 e. The van der Waals surface area contributed by atoms with Crippen molar-refractivity contribution in [3.63, 3.8) is 0 Å². The second kappa shape index (κ2) is 3.29. The van der Waals surface area contributed by atoms with Crippen LogP contribution in [0, 0.1) is 45.3 Å². The summed E-state index contributed by atoms with van der Waals surface area (Å²) in [6.45, 7) is 9.66. The molecule has 6 aliphatic carbocycles. The van der Waals surface area contributed by atoms with E-state index in [0.29, 0.717) is 22.5 Å². The van der Waals surface area contributed by atoms with E-state index in [1.165, 1.54) is 38.5 Å². The van der Waals surface area contributed by atoms with Crippen molar-refractivity contribution in [3.8, 4) is 0 Å². The van der Waals surface area contributed by atoms with Crippen LogP contribution in [0.4, 0.5) is 0 Å². The van der Waals surface area contributed by atoms with E-state index in [1.807, 2.05) is 0 Å². The highest BCUT2D eigenvalue weighted by Gasteiger charge is 2.78. The fourth-order valence-electron chi connectivity index (χ4n) is 8.64. The number of rotatable bonds is 0. The number of fused-ring (bicyclic) bond motifs is 1. The van der Waals surface area contributed by atoms with Crippen molar-refractivity contribution in [1.29, 1.82) is 0 Å². The molecule has 116 valence electrons. The van der Waals surface area contributed by atoms with Crippen molar-refractivity contribution < 1.29 is 4.79 Å². The molecule has 1 nitrogen and oxygen atoms in total. The minimum atomic E-state index is -0.0674. The summed E-state index contributed by atoms with van der Waals surface area (Å²) in [6.07, 6.45) is 9.33. The molecule has 0 aliphatic heterocycles. The molecule has 1 heteroatoms. The minimum absolute atomic E-state index is 0.0674. The zero-order valence-electron chi connectivity index (χ0n) is 14.2. The van der Waals surface area contributed by atoms with Gasteiger partial charge in [0.05, 0.1) is 0 Å². The summed E-state index contributed by atoms with van der Waals surface area (Å²) in [5.74, 6) is 4.23. The van der Waals surface area contributed by atoms with Gasteiger partial charge in [-0.15, -0.1) is 0 Å². The van der Waals surface area contributed by atoms with Crippen LogP contribution in [0.25, 0.3) is 0 Å². The molecule has 0 radical (unpaired) electrons. The Balaban J connectivity index is 1.57. The zero-order chi connectivity index (χ0) is 14.8. The molecule has 7 atom stereocenters. The average molecular weight is 286 g/mol. The summed E-state index contributed by atoms with van der Waals surface area (Å²) in [5.41, 5.74) is 1.79. The van der Waals surface area contributed by atoms with E-state index in [0.717, 1.165) is 29.6 Å². The second-order valence-corrected chi connectivity index (χ2v) is 10.5. The number of carbonyl (C=O) groups is 1. The lowest BCUT2D eigenvalue weighted by Crippen LogP contribution is -2.59. The monoisotopic (exact) mass is 286 g/mol. The number of Topliss-reactive ketones (excluding diaryl/α,β-unsaturated/α-hetero) is 1. The smallest absolute Gasteiger partial charge is 0.138 e. The highest BCUT2D eigenvalue weighted by atomic mass is 16.1. The van der Waals surface area contributed by atoms with Gasteiger partial charge >= 0.3 is 0 Å². The lowest BCUT2D eigenvalue weighted by atomic mass is 9.39.